The van der Waals surface area contributed by atoms with Crippen LogP contribution in [-0.2, 0) is 6.54 Å². The van der Waals surface area contributed by atoms with E-state index in [1.54, 1.807) is 18.3 Å². The summed E-state index contributed by atoms with van der Waals surface area (Å²) in [5.41, 5.74) is 2.38. The molecule has 0 radical (unpaired) electrons. The van der Waals surface area contributed by atoms with Crippen LogP contribution < -0.4 is 0 Å². The number of carbonyl (C=O) groups excluding carboxylic acids is 1. The molecular weight excluding hydrogens is 277 g/mol. The molecule has 1 aromatic heterocycles. The third-order valence-electron chi connectivity index (χ3n) is 3.28. The van der Waals surface area contributed by atoms with Crippen LogP contribution in [0.3, 0.4) is 0 Å². The first-order valence-corrected chi connectivity index (χ1v) is 6.54. The molecule has 1 heterocycles. The second-order valence-corrected chi connectivity index (χ2v) is 5.00. The molecule has 2 nitrogen and oxygen atoms in total. The van der Waals surface area contributed by atoms with Crippen molar-refractivity contribution in [1.82, 2.24) is 4.57 Å². The van der Waals surface area contributed by atoms with E-state index in [1.165, 1.54) is 6.07 Å². The molecule has 0 fully saturated rings. The Labute approximate surface area is 120 Å². The fourth-order valence-corrected chi connectivity index (χ4v) is 2.45. The smallest absolute Gasteiger partial charge is 0.152 e. The number of para-hydroxylation sites is 1. The molecule has 4 heteroatoms. The largest absolute Gasteiger partial charge is 0.342 e. The number of hydrogen-bond donors (Lipinski definition) is 0. The zero-order valence-corrected chi connectivity index (χ0v) is 11.3. The van der Waals surface area contributed by atoms with Crippen molar-refractivity contribution in [2.75, 3.05) is 0 Å². The summed E-state index contributed by atoms with van der Waals surface area (Å²) in [6.07, 6.45) is 2.62. The second-order valence-electron chi connectivity index (χ2n) is 4.60. The predicted molar refractivity (Wildman–Crippen MR) is 77.8 cm³/mol. The first-order valence-electron chi connectivity index (χ1n) is 6.16. The lowest BCUT2D eigenvalue weighted by atomic mass is 10.2. The van der Waals surface area contributed by atoms with Crippen molar-refractivity contribution in [2.24, 2.45) is 0 Å². The lowest BCUT2D eigenvalue weighted by Crippen LogP contribution is -1.98. The van der Waals surface area contributed by atoms with Gasteiger partial charge < -0.3 is 4.57 Å². The van der Waals surface area contributed by atoms with Crippen molar-refractivity contribution in [1.29, 1.82) is 0 Å². The Morgan fingerprint density at radius 2 is 2.00 bits per heavy atom. The highest BCUT2D eigenvalue weighted by atomic mass is 35.5. The average Bonchev–Trinajstić information content (AvgIpc) is 2.81. The highest BCUT2D eigenvalue weighted by Crippen LogP contribution is 2.22. The summed E-state index contributed by atoms with van der Waals surface area (Å²) in [4.78, 5) is 11.1. The summed E-state index contributed by atoms with van der Waals surface area (Å²) in [6, 6.07) is 12.4. The first-order chi connectivity index (χ1) is 9.69. The molecule has 0 N–H and O–H groups in total. The molecule has 20 heavy (non-hydrogen) atoms. The molecule has 100 valence electrons. The van der Waals surface area contributed by atoms with Crippen molar-refractivity contribution in [3.05, 3.63) is 70.6 Å². The highest BCUT2D eigenvalue weighted by Gasteiger charge is 2.08. The third kappa shape index (κ3) is 2.21. The third-order valence-corrected chi connectivity index (χ3v) is 3.59. The topological polar surface area (TPSA) is 22.0 Å². The Bertz CT molecular complexity index is 794. The van der Waals surface area contributed by atoms with Gasteiger partial charge in [0.05, 0.1) is 5.02 Å². The number of benzene rings is 2. The maximum absolute atomic E-state index is 13.5. The van der Waals surface area contributed by atoms with Crippen LogP contribution in [0.25, 0.3) is 10.9 Å². The molecule has 0 saturated heterocycles. The monoisotopic (exact) mass is 287 g/mol. The summed E-state index contributed by atoms with van der Waals surface area (Å²) in [6.45, 7) is 0.489. The van der Waals surface area contributed by atoms with Gasteiger partial charge in [-0.3, -0.25) is 4.79 Å². The fraction of sp³-hybridized carbons (Fsp3) is 0.0625. The van der Waals surface area contributed by atoms with Gasteiger partial charge in [0.2, 0.25) is 0 Å². The van der Waals surface area contributed by atoms with E-state index in [0.717, 1.165) is 22.8 Å². The Balaban J connectivity index is 2.06. The molecule has 0 amide bonds. The van der Waals surface area contributed by atoms with Crippen molar-refractivity contribution < 1.29 is 9.18 Å². The lowest BCUT2D eigenvalue weighted by Gasteiger charge is -2.06. The number of nitrogens with zero attached hydrogens (tertiary/aromatic N) is 1. The molecule has 0 atom stereocenters. The molecule has 0 saturated carbocycles. The van der Waals surface area contributed by atoms with Crippen LogP contribution in [0.5, 0.6) is 0 Å². The summed E-state index contributed by atoms with van der Waals surface area (Å²) in [5.74, 6) is -0.434. The summed E-state index contributed by atoms with van der Waals surface area (Å²) in [7, 11) is 0. The van der Waals surface area contributed by atoms with E-state index >= 15 is 0 Å². The number of carbonyl (C=O) groups is 1. The zero-order valence-electron chi connectivity index (χ0n) is 10.5. The molecule has 3 aromatic rings. The minimum Gasteiger partial charge on any atom is -0.342 e. The van der Waals surface area contributed by atoms with Gasteiger partial charge in [0.15, 0.2) is 6.29 Å². The average molecular weight is 288 g/mol. The van der Waals surface area contributed by atoms with Gasteiger partial charge in [0.1, 0.15) is 5.82 Å². The second kappa shape index (κ2) is 5.10. The van der Waals surface area contributed by atoms with Gasteiger partial charge in [0.25, 0.3) is 0 Å². The molecule has 0 aliphatic carbocycles. The van der Waals surface area contributed by atoms with Crippen molar-refractivity contribution in [2.45, 2.75) is 6.54 Å². The Hall–Kier alpha value is -2.13. The van der Waals surface area contributed by atoms with Crippen LogP contribution in [0.2, 0.25) is 5.02 Å². The molecular formula is C16H11ClFNO. The van der Waals surface area contributed by atoms with Gasteiger partial charge >= 0.3 is 0 Å². The van der Waals surface area contributed by atoms with Crippen LogP contribution in [0.1, 0.15) is 15.9 Å². The van der Waals surface area contributed by atoms with Crippen molar-refractivity contribution >= 4 is 28.8 Å². The highest BCUT2D eigenvalue weighted by molar-refractivity contribution is 6.30. The number of aromatic nitrogens is 1. The van der Waals surface area contributed by atoms with Crippen LogP contribution in [0, 0.1) is 5.82 Å². The molecule has 3 rings (SSSR count). The number of fused-ring (bicyclic) bond motifs is 1. The lowest BCUT2D eigenvalue weighted by molar-refractivity contribution is 0.112. The van der Waals surface area contributed by atoms with Gasteiger partial charge in [0, 0.05) is 29.2 Å². The first kappa shape index (κ1) is 12.9. The molecule has 0 aliphatic rings. The maximum atomic E-state index is 13.5. The van der Waals surface area contributed by atoms with E-state index in [4.69, 9.17) is 11.6 Å². The number of halogens is 2. The maximum Gasteiger partial charge on any atom is 0.152 e. The summed E-state index contributed by atoms with van der Waals surface area (Å²) in [5, 5.41) is 1.01. The SMILES string of the molecule is O=Cc1cn(Cc2ccc(Cl)c(F)c2)c2ccccc12. The summed E-state index contributed by atoms with van der Waals surface area (Å²) >= 11 is 5.68. The van der Waals surface area contributed by atoms with Gasteiger partial charge in [-0.15, -0.1) is 0 Å². The normalized spacial score (nSPS) is 10.9. The predicted octanol–water partition coefficient (Wildman–Crippen LogP) is 4.29. The van der Waals surface area contributed by atoms with Gasteiger partial charge in [-0.05, 0) is 23.8 Å². The standard InChI is InChI=1S/C16H11ClFNO/c17-14-6-5-11(7-15(14)18)8-19-9-12(10-20)13-3-1-2-4-16(13)19/h1-7,9-10H,8H2. The Kier molecular flexibility index (Phi) is 3.28. The Morgan fingerprint density at radius 1 is 1.20 bits per heavy atom. The molecule has 0 bridgehead atoms. The van der Waals surface area contributed by atoms with E-state index in [-0.39, 0.29) is 5.02 Å². The zero-order chi connectivity index (χ0) is 14.1. The Morgan fingerprint density at radius 3 is 2.75 bits per heavy atom. The number of hydrogen-bond acceptors (Lipinski definition) is 1. The number of aldehydes is 1. The fourth-order valence-electron chi connectivity index (χ4n) is 2.33. The van der Waals surface area contributed by atoms with Crippen molar-refractivity contribution in [3.63, 3.8) is 0 Å². The van der Waals surface area contributed by atoms with Gasteiger partial charge in [-0.1, -0.05) is 35.9 Å². The van der Waals surface area contributed by atoms with E-state index in [1.807, 2.05) is 28.8 Å². The van der Waals surface area contributed by atoms with E-state index in [9.17, 15) is 9.18 Å². The van der Waals surface area contributed by atoms with E-state index < -0.39 is 5.82 Å². The van der Waals surface area contributed by atoms with E-state index in [2.05, 4.69) is 0 Å². The molecule has 2 aromatic carbocycles. The van der Waals surface area contributed by atoms with E-state index in [0.29, 0.717) is 12.1 Å². The molecule has 0 aliphatic heterocycles. The summed E-state index contributed by atoms with van der Waals surface area (Å²) < 4.78 is 15.4. The minimum absolute atomic E-state index is 0.111. The molecule has 0 spiro atoms. The van der Waals surface area contributed by atoms with Crippen LogP contribution in [0.4, 0.5) is 4.39 Å². The quantitative estimate of drug-likeness (QED) is 0.659. The van der Waals surface area contributed by atoms with Crippen LogP contribution in [0.15, 0.2) is 48.7 Å². The van der Waals surface area contributed by atoms with Gasteiger partial charge in [-0.2, -0.15) is 0 Å². The molecule has 0 unspecified atom stereocenters. The van der Waals surface area contributed by atoms with Crippen LogP contribution >= 0.6 is 11.6 Å². The number of rotatable bonds is 3. The van der Waals surface area contributed by atoms with Crippen molar-refractivity contribution in [3.8, 4) is 0 Å². The minimum atomic E-state index is -0.434. The van der Waals surface area contributed by atoms with Gasteiger partial charge in [-0.25, -0.2) is 4.39 Å². The van der Waals surface area contributed by atoms with Crippen LogP contribution in [-0.4, -0.2) is 10.9 Å².